The smallest absolute Gasteiger partial charge is 0.115 e. The molecule has 3 heteroatoms. The molecule has 1 aromatic rings. The van der Waals surface area contributed by atoms with Crippen LogP contribution in [0.3, 0.4) is 0 Å². The van der Waals surface area contributed by atoms with E-state index in [9.17, 15) is 0 Å². The summed E-state index contributed by atoms with van der Waals surface area (Å²) >= 11 is 0. The molecule has 0 atom stereocenters. The van der Waals surface area contributed by atoms with E-state index in [1.807, 2.05) is 6.20 Å². The van der Waals surface area contributed by atoms with Gasteiger partial charge in [0.1, 0.15) is 6.33 Å². The van der Waals surface area contributed by atoms with Gasteiger partial charge < -0.3 is 0 Å². The minimum absolute atomic E-state index is 0.846. The molecule has 62 valence electrons. The number of fused-ring (bicyclic) bond motifs is 1. The Labute approximate surface area is 71.4 Å². The van der Waals surface area contributed by atoms with Gasteiger partial charge in [0, 0.05) is 30.9 Å². The van der Waals surface area contributed by atoms with Crippen molar-refractivity contribution in [3.63, 3.8) is 0 Å². The van der Waals surface area contributed by atoms with E-state index in [1.165, 1.54) is 24.1 Å². The van der Waals surface area contributed by atoms with E-state index in [0.717, 1.165) is 19.1 Å². The van der Waals surface area contributed by atoms with Crippen LogP contribution in [0.4, 0.5) is 0 Å². The summed E-state index contributed by atoms with van der Waals surface area (Å²) in [6, 6.07) is 0.846. The van der Waals surface area contributed by atoms with E-state index in [4.69, 9.17) is 0 Å². The third-order valence-electron chi connectivity index (χ3n) is 2.67. The molecule has 0 aromatic carbocycles. The second-order valence-corrected chi connectivity index (χ2v) is 3.63. The van der Waals surface area contributed by atoms with Gasteiger partial charge in [0.25, 0.3) is 0 Å². The van der Waals surface area contributed by atoms with Crippen LogP contribution in [0.25, 0.3) is 0 Å². The number of nitrogens with zero attached hydrogens (tertiary/aromatic N) is 3. The van der Waals surface area contributed by atoms with Gasteiger partial charge in [-0.3, -0.25) is 4.90 Å². The molecule has 3 rings (SSSR count). The van der Waals surface area contributed by atoms with Crippen molar-refractivity contribution >= 4 is 0 Å². The van der Waals surface area contributed by atoms with E-state index < -0.39 is 0 Å². The summed E-state index contributed by atoms with van der Waals surface area (Å²) in [7, 11) is 0. The van der Waals surface area contributed by atoms with Crippen LogP contribution in [-0.2, 0) is 13.1 Å². The van der Waals surface area contributed by atoms with Gasteiger partial charge in [0.2, 0.25) is 0 Å². The standard InChI is InChI=1S/C9H11N3/c1-2-8(1)12-4-7-3-10-6-11-9(7)5-12/h3,6,8H,1-2,4-5H2. The Bertz CT molecular complexity index is 281. The molecule has 1 aliphatic carbocycles. The molecular weight excluding hydrogens is 150 g/mol. The third-order valence-corrected chi connectivity index (χ3v) is 2.67. The van der Waals surface area contributed by atoms with Gasteiger partial charge in [-0.1, -0.05) is 0 Å². The van der Waals surface area contributed by atoms with E-state index in [2.05, 4.69) is 14.9 Å². The molecule has 0 saturated heterocycles. The molecule has 0 unspecified atom stereocenters. The molecule has 0 spiro atoms. The highest BCUT2D eigenvalue weighted by molar-refractivity contribution is 5.21. The Hall–Kier alpha value is -0.960. The van der Waals surface area contributed by atoms with Gasteiger partial charge in [-0.25, -0.2) is 9.97 Å². The van der Waals surface area contributed by atoms with Crippen molar-refractivity contribution in [1.29, 1.82) is 0 Å². The van der Waals surface area contributed by atoms with Crippen LogP contribution in [0.1, 0.15) is 24.1 Å². The monoisotopic (exact) mass is 161 g/mol. The summed E-state index contributed by atoms with van der Waals surface area (Å²) in [5.41, 5.74) is 2.56. The molecule has 12 heavy (non-hydrogen) atoms. The number of aromatic nitrogens is 2. The fourth-order valence-corrected chi connectivity index (χ4v) is 1.82. The van der Waals surface area contributed by atoms with Crippen molar-refractivity contribution in [1.82, 2.24) is 14.9 Å². The minimum atomic E-state index is 0.846. The largest absolute Gasteiger partial charge is 0.290 e. The van der Waals surface area contributed by atoms with Gasteiger partial charge in [0.15, 0.2) is 0 Å². The van der Waals surface area contributed by atoms with Crippen molar-refractivity contribution in [3.05, 3.63) is 23.8 Å². The van der Waals surface area contributed by atoms with E-state index in [-0.39, 0.29) is 0 Å². The van der Waals surface area contributed by atoms with Crippen molar-refractivity contribution in [2.75, 3.05) is 0 Å². The summed E-state index contributed by atoms with van der Waals surface area (Å²) in [6.07, 6.45) is 6.35. The second kappa shape index (κ2) is 2.26. The van der Waals surface area contributed by atoms with Crippen molar-refractivity contribution in [3.8, 4) is 0 Å². The first-order chi connectivity index (χ1) is 5.93. The summed E-state index contributed by atoms with van der Waals surface area (Å²) in [4.78, 5) is 10.8. The molecule has 0 amide bonds. The number of rotatable bonds is 1. The van der Waals surface area contributed by atoms with Crippen LogP contribution in [0.5, 0.6) is 0 Å². The Morgan fingerprint density at radius 1 is 1.33 bits per heavy atom. The van der Waals surface area contributed by atoms with Gasteiger partial charge in [-0.2, -0.15) is 0 Å². The molecular formula is C9H11N3. The van der Waals surface area contributed by atoms with Crippen LogP contribution in [0.15, 0.2) is 12.5 Å². The van der Waals surface area contributed by atoms with Crippen LogP contribution >= 0.6 is 0 Å². The average Bonchev–Trinajstić information content (AvgIpc) is 2.85. The van der Waals surface area contributed by atoms with E-state index in [1.54, 1.807) is 6.33 Å². The molecule has 1 saturated carbocycles. The first-order valence-corrected chi connectivity index (χ1v) is 4.45. The van der Waals surface area contributed by atoms with Crippen molar-refractivity contribution < 1.29 is 0 Å². The molecule has 1 fully saturated rings. The maximum absolute atomic E-state index is 4.27. The lowest BCUT2D eigenvalue weighted by atomic mass is 10.3. The number of hydrogen-bond acceptors (Lipinski definition) is 3. The average molecular weight is 161 g/mol. The summed E-state index contributed by atoms with van der Waals surface area (Å²) in [5.74, 6) is 0. The molecule has 0 N–H and O–H groups in total. The van der Waals surface area contributed by atoms with Crippen LogP contribution < -0.4 is 0 Å². The zero-order valence-electron chi connectivity index (χ0n) is 6.90. The lowest BCUT2D eigenvalue weighted by molar-refractivity contribution is 0.272. The predicted octanol–water partition coefficient (Wildman–Crippen LogP) is 0.955. The summed E-state index contributed by atoms with van der Waals surface area (Å²) < 4.78 is 0. The van der Waals surface area contributed by atoms with Gasteiger partial charge in [-0.05, 0) is 12.8 Å². The first kappa shape index (κ1) is 6.54. The molecule has 0 bridgehead atoms. The number of hydrogen-bond donors (Lipinski definition) is 0. The van der Waals surface area contributed by atoms with Crippen LogP contribution in [0.2, 0.25) is 0 Å². The highest BCUT2D eigenvalue weighted by Gasteiger charge is 2.33. The molecule has 1 aromatic heterocycles. The molecule has 2 aliphatic rings. The zero-order chi connectivity index (χ0) is 7.97. The topological polar surface area (TPSA) is 29.0 Å². The summed E-state index contributed by atoms with van der Waals surface area (Å²) in [5, 5.41) is 0. The highest BCUT2D eigenvalue weighted by atomic mass is 15.2. The molecule has 0 radical (unpaired) electrons. The van der Waals surface area contributed by atoms with E-state index in [0.29, 0.717) is 0 Å². The Kier molecular flexibility index (Phi) is 1.23. The summed E-state index contributed by atoms with van der Waals surface area (Å²) in [6.45, 7) is 2.11. The van der Waals surface area contributed by atoms with Crippen molar-refractivity contribution in [2.24, 2.45) is 0 Å². The SMILES string of the molecule is c1ncc2c(n1)CN(C1CC1)C2. The normalized spacial score (nSPS) is 22.7. The maximum Gasteiger partial charge on any atom is 0.115 e. The van der Waals surface area contributed by atoms with Gasteiger partial charge in [-0.15, -0.1) is 0 Å². The van der Waals surface area contributed by atoms with Crippen molar-refractivity contribution in [2.45, 2.75) is 32.0 Å². The van der Waals surface area contributed by atoms with Crippen LogP contribution in [-0.4, -0.2) is 20.9 Å². The van der Waals surface area contributed by atoms with Crippen LogP contribution in [0, 0.1) is 0 Å². The highest BCUT2D eigenvalue weighted by Crippen LogP contribution is 2.33. The quantitative estimate of drug-likeness (QED) is 0.614. The maximum atomic E-state index is 4.27. The fourth-order valence-electron chi connectivity index (χ4n) is 1.82. The Morgan fingerprint density at radius 3 is 3.00 bits per heavy atom. The third kappa shape index (κ3) is 0.932. The lowest BCUT2D eigenvalue weighted by Gasteiger charge is -2.11. The predicted molar refractivity (Wildman–Crippen MR) is 44.3 cm³/mol. The molecule has 2 heterocycles. The second-order valence-electron chi connectivity index (χ2n) is 3.63. The fraction of sp³-hybridized carbons (Fsp3) is 0.556. The lowest BCUT2D eigenvalue weighted by Crippen LogP contribution is -2.18. The van der Waals surface area contributed by atoms with Gasteiger partial charge >= 0.3 is 0 Å². The molecule has 1 aliphatic heterocycles. The van der Waals surface area contributed by atoms with E-state index >= 15 is 0 Å². The Balaban J connectivity index is 1.89. The first-order valence-electron chi connectivity index (χ1n) is 4.45. The minimum Gasteiger partial charge on any atom is -0.290 e. The Morgan fingerprint density at radius 2 is 2.25 bits per heavy atom. The molecule has 3 nitrogen and oxygen atoms in total. The zero-order valence-corrected chi connectivity index (χ0v) is 6.90. The van der Waals surface area contributed by atoms with Gasteiger partial charge in [0.05, 0.1) is 5.69 Å².